The molecule has 0 spiro atoms. The molecule has 0 saturated carbocycles. The standard InChI is InChI=1S/C15H18BrNO2/c1-9-8-12(5-6-13(9)16)19-15(11(3)17)14-7-4-10(2)18-14/h4-8,11,15H,17H2,1-3H3. The lowest BCUT2D eigenvalue weighted by atomic mass is 10.1. The van der Waals surface area contributed by atoms with Crippen molar-refractivity contribution in [3.8, 4) is 5.75 Å². The van der Waals surface area contributed by atoms with E-state index in [1.807, 2.05) is 51.1 Å². The van der Waals surface area contributed by atoms with Gasteiger partial charge in [0.1, 0.15) is 17.3 Å². The Kier molecular flexibility index (Phi) is 4.32. The van der Waals surface area contributed by atoms with Gasteiger partial charge in [-0.15, -0.1) is 0 Å². The van der Waals surface area contributed by atoms with Crippen LogP contribution < -0.4 is 10.5 Å². The molecule has 2 aromatic rings. The SMILES string of the molecule is Cc1ccc(C(Oc2ccc(Br)c(C)c2)C(C)N)o1. The molecule has 2 rings (SSSR count). The molecule has 0 fully saturated rings. The van der Waals surface area contributed by atoms with Crippen LogP contribution in [0.4, 0.5) is 0 Å². The summed E-state index contributed by atoms with van der Waals surface area (Å²) in [6.07, 6.45) is -0.283. The van der Waals surface area contributed by atoms with Crippen LogP contribution in [0.3, 0.4) is 0 Å². The van der Waals surface area contributed by atoms with Crippen molar-refractivity contribution < 1.29 is 9.15 Å². The van der Waals surface area contributed by atoms with Gasteiger partial charge in [-0.25, -0.2) is 0 Å². The van der Waals surface area contributed by atoms with Crippen molar-refractivity contribution in [1.82, 2.24) is 0 Å². The first-order valence-corrected chi connectivity index (χ1v) is 7.01. The molecule has 4 heteroatoms. The van der Waals surface area contributed by atoms with Crippen LogP contribution in [0.15, 0.2) is 39.2 Å². The fourth-order valence-corrected chi connectivity index (χ4v) is 2.11. The summed E-state index contributed by atoms with van der Waals surface area (Å²) < 4.78 is 12.7. The Balaban J connectivity index is 2.23. The quantitative estimate of drug-likeness (QED) is 0.920. The van der Waals surface area contributed by atoms with Crippen LogP contribution >= 0.6 is 15.9 Å². The van der Waals surface area contributed by atoms with Gasteiger partial charge in [-0.05, 0) is 56.7 Å². The second-order valence-electron chi connectivity index (χ2n) is 4.76. The lowest BCUT2D eigenvalue weighted by Gasteiger charge is -2.21. The molecule has 0 aliphatic heterocycles. The van der Waals surface area contributed by atoms with Crippen molar-refractivity contribution in [2.75, 3.05) is 0 Å². The summed E-state index contributed by atoms with van der Waals surface area (Å²) in [5, 5.41) is 0. The Morgan fingerprint density at radius 2 is 1.95 bits per heavy atom. The molecule has 0 aliphatic carbocycles. The maximum atomic E-state index is 6.00. The molecular formula is C15H18BrNO2. The molecule has 102 valence electrons. The monoisotopic (exact) mass is 323 g/mol. The molecule has 2 N–H and O–H groups in total. The minimum absolute atomic E-state index is 0.158. The summed E-state index contributed by atoms with van der Waals surface area (Å²) in [7, 11) is 0. The fraction of sp³-hybridized carbons (Fsp3) is 0.333. The lowest BCUT2D eigenvalue weighted by Crippen LogP contribution is -2.28. The van der Waals surface area contributed by atoms with Crippen LogP contribution in [0.5, 0.6) is 5.75 Å². The maximum absolute atomic E-state index is 6.00. The van der Waals surface area contributed by atoms with Gasteiger partial charge >= 0.3 is 0 Å². The summed E-state index contributed by atoms with van der Waals surface area (Å²) in [4.78, 5) is 0. The molecule has 0 bridgehead atoms. The second-order valence-corrected chi connectivity index (χ2v) is 5.61. The van der Waals surface area contributed by atoms with Crippen molar-refractivity contribution in [2.45, 2.75) is 32.9 Å². The van der Waals surface area contributed by atoms with Crippen LogP contribution in [0.25, 0.3) is 0 Å². The molecule has 1 aromatic heterocycles. The summed E-state index contributed by atoms with van der Waals surface area (Å²) in [5.74, 6) is 2.40. The first kappa shape index (κ1) is 14.2. The lowest BCUT2D eigenvalue weighted by molar-refractivity contribution is 0.151. The maximum Gasteiger partial charge on any atom is 0.171 e. The van der Waals surface area contributed by atoms with Crippen LogP contribution in [0.1, 0.15) is 30.1 Å². The average Bonchev–Trinajstić information content (AvgIpc) is 2.76. The molecule has 1 aromatic carbocycles. The summed E-state index contributed by atoms with van der Waals surface area (Å²) in [6, 6.07) is 9.54. The average molecular weight is 324 g/mol. The number of hydrogen-bond acceptors (Lipinski definition) is 3. The van der Waals surface area contributed by atoms with Gasteiger partial charge in [0.15, 0.2) is 6.10 Å². The molecular weight excluding hydrogens is 306 g/mol. The van der Waals surface area contributed by atoms with E-state index in [2.05, 4.69) is 15.9 Å². The van der Waals surface area contributed by atoms with Gasteiger partial charge in [-0.3, -0.25) is 0 Å². The Labute approximate surface area is 121 Å². The Morgan fingerprint density at radius 1 is 1.21 bits per heavy atom. The number of furan rings is 1. The van der Waals surface area contributed by atoms with E-state index >= 15 is 0 Å². The van der Waals surface area contributed by atoms with Gasteiger partial charge < -0.3 is 14.9 Å². The van der Waals surface area contributed by atoms with E-state index < -0.39 is 0 Å². The smallest absolute Gasteiger partial charge is 0.171 e. The van der Waals surface area contributed by atoms with Crippen molar-refractivity contribution in [3.63, 3.8) is 0 Å². The van der Waals surface area contributed by atoms with Gasteiger partial charge in [0.2, 0.25) is 0 Å². The highest BCUT2D eigenvalue weighted by Gasteiger charge is 2.21. The predicted octanol–water partition coefficient (Wildman–Crippen LogP) is 4.13. The molecule has 2 atom stereocenters. The van der Waals surface area contributed by atoms with Crippen molar-refractivity contribution >= 4 is 15.9 Å². The fourth-order valence-electron chi connectivity index (χ4n) is 1.87. The van der Waals surface area contributed by atoms with Crippen LogP contribution in [-0.2, 0) is 0 Å². The number of ether oxygens (including phenoxy) is 1. The van der Waals surface area contributed by atoms with E-state index in [0.717, 1.165) is 27.3 Å². The minimum atomic E-state index is -0.283. The zero-order chi connectivity index (χ0) is 14.0. The zero-order valence-electron chi connectivity index (χ0n) is 11.3. The number of benzene rings is 1. The molecule has 2 unspecified atom stereocenters. The Bertz CT molecular complexity index is 563. The Hall–Kier alpha value is -1.26. The first-order chi connectivity index (χ1) is 8.97. The van der Waals surface area contributed by atoms with Crippen molar-refractivity contribution in [2.24, 2.45) is 5.73 Å². The molecule has 0 radical (unpaired) electrons. The van der Waals surface area contributed by atoms with Crippen LogP contribution in [-0.4, -0.2) is 6.04 Å². The van der Waals surface area contributed by atoms with Gasteiger partial charge in [0.25, 0.3) is 0 Å². The summed E-state index contributed by atoms with van der Waals surface area (Å²) in [6.45, 7) is 5.84. The highest BCUT2D eigenvalue weighted by Crippen LogP contribution is 2.28. The minimum Gasteiger partial charge on any atom is -0.481 e. The van der Waals surface area contributed by atoms with Gasteiger partial charge in [0.05, 0.1) is 0 Å². The zero-order valence-corrected chi connectivity index (χ0v) is 12.9. The van der Waals surface area contributed by atoms with Crippen molar-refractivity contribution in [3.05, 3.63) is 51.9 Å². The van der Waals surface area contributed by atoms with E-state index in [0.29, 0.717) is 0 Å². The molecule has 19 heavy (non-hydrogen) atoms. The highest BCUT2D eigenvalue weighted by atomic mass is 79.9. The number of aryl methyl sites for hydroxylation is 2. The first-order valence-electron chi connectivity index (χ1n) is 6.22. The topological polar surface area (TPSA) is 48.4 Å². The van der Waals surface area contributed by atoms with Gasteiger partial charge in [0, 0.05) is 10.5 Å². The Morgan fingerprint density at radius 3 is 2.47 bits per heavy atom. The normalized spacial score (nSPS) is 14.2. The number of nitrogens with two attached hydrogens (primary N) is 1. The largest absolute Gasteiger partial charge is 0.481 e. The van der Waals surface area contributed by atoms with Crippen LogP contribution in [0.2, 0.25) is 0 Å². The third-order valence-corrected chi connectivity index (χ3v) is 3.80. The van der Waals surface area contributed by atoms with Gasteiger partial charge in [-0.2, -0.15) is 0 Å². The molecule has 1 heterocycles. The number of rotatable bonds is 4. The van der Waals surface area contributed by atoms with Crippen LogP contribution in [0, 0.1) is 13.8 Å². The third kappa shape index (κ3) is 3.39. The number of halogens is 1. The van der Waals surface area contributed by atoms with E-state index in [1.54, 1.807) is 0 Å². The molecule has 0 aliphatic rings. The van der Waals surface area contributed by atoms with Gasteiger partial charge in [-0.1, -0.05) is 15.9 Å². The van der Waals surface area contributed by atoms with E-state index in [4.69, 9.17) is 14.9 Å². The molecule has 3 nitrogen and oxygen atoms in total. The predicted molar refractivity (Wildman–Crippen MR) is 79.3 cm³/mol. The van der Waals surface area contributed by atoms with E-state index in [-0.39, 0.29) is 12.1 Å². The third-order valence-electron chi connectivity index (χ3n) is 2.91. The summed E-state index contributed by atoms with van der Waals surface area (Å²) >= 11 is 3.47. The van der Waals surface area contributed by atoms with E-state index in [1.165, 1.54) is 0 Å². The van der Waals surface area contributed by atoms with E-state index in [9.17, 15) is 0 Å². The molecule has 0 saturated heterocycles. The second kappa shape index (κ2) is 5.80. The highest BCUT2D eigenvalue weighted by molar-refractivity contribution is 9.10. The number of hydrogen-bond donors (Lipinski definition) is 1. The van der Waals surface area contributed by atoms with Crippen molar-refractivity contribution in [1.29, 1.82) is 0 Å². The molecule has 0 amide bonds. The summed E-state index contributed by atoms with van der Waals surface area (Å²) in [5.41, 5.74) is 7.12.